The molecule has 2 unspecified atom stereocenters. The highest BCUT2D eigenvalue weighted by atomic mass is 32.2. The van der Waals surface area contributed by atoms with Gasteiger partial charge in [-0.3, -0.25) is 0 Å². The maximum Gasteiger partial charge on any atom is 0.402 e. The lowest BCUT2D eigenvalue weighted by atomic mass is 10.00. The van der Waals surface area contributed by atoms with Crippen LogP contribution in [0, 0.1) is 11.6 Å². The number of methoxy groups -OCH3 is 1. The van der Waals surface area contributed by atoms with E-state index in [4.69, 9.17) is 4.74 Å². The fourth-order valence-corrected chi connectivity index (χ4v) is 3.82. The number of benzene rings is 1. The Morgan fingerprint density at radius 1 is 1.30 bits per heavy atom. The van der Waals surface area contributed by atoms with E-state index in [1.54, 1.807) is 0 Å². The molecule has 1 aliphatic rings. The van der Waals surface area contributed by atoms with Crippen LogP contribution in [0.1, 0.15) is 30.6 Å². The topological polar surface area (TPSA) is 9.23 Å². The van der Waals surface area contributed by atoms with Gasteiger partial charge in [-0.2, -0.15) is 17.6 Å². The van der Waals surface area contributed by atoms with Gasteiger partial charge >= 0.3 is 6.18 Å². The third-order valence-corrected chi connectivity index (χ3v) is 5.25. The number of ether oxygens (including phenoxy) is 1. The van der Waals surface area contributed by atoms with Gasteiger partial charge in [0.15, 0.2) is 11.6 Å². The van der Waals surface area contributed by atoms with E-state index in [2.05, 4.69) is 0 Å². The molecule has 0 spiro atoms. The highest BCUT2D eigenvalue weighted by molar-refractivity contribution is 8.01. The molecule has 1 heterocycles. The van der Waals surface area contributed by atoms with Crippen LogP contribution in [-0.2, 0) is 0 Å². The van der Waals surface area contributed by atoms with Gasteiger partial charge in [-0.25, -0.2) is 4.39 Å². The van der Waals surface area contributed by atoms with Crippen molar-refractivity contribution in [3.63, 3.8) is 0 Å². The van der Waals surface area contributed by atoms with E-state index in [1.807, 2.05) is 0 Å². The molecule has 0 amide bonds. The van der Waals surface area contributed by atoms with Gasteiger partial charge in [0, 0.05) is 10.8 Å². The molecule has 1 nitrogen and oxygen atoms in total. The summed E-state index contributed by atoms with van der Waals surface area (Å²) < 4.78 is 68.6. The molecule has 0 aromatic heterocycles. The van der Waals surface area contributed by atoms with Crippen LogP contribution in [0.5, 0.6) is 5.75 Å². The Bertz CT molecular complexity index is 516. The first-order valence-electron chi connectivity index (χ1n) is 5.96. The van der Waals surface area contributed by atoms with Crippen molar-refractivity contribution in [1.82, 2.24) is 0 Å². The lowest BCUT2D eigenvalue weighted by Gasteiger charge is -2.27. The minimum atomic E-state index is -4.34. The van der Waals surface area contributed by atoms with E-state index in [0.717, 1.165) is 24.8 Å². The van der Waals surface area contributed by atoms with E-state index in [9.17, 15) is 22.0 Å². The van der Waals surface area contributed by atoms with Crippen molar-refractivity contribution in [2.24, 2.45) is 0 Å². The van der Waals surface area contributed by atoms with Crippen LogP contribution in [0.2, 0.25) is 0 Å². The number of hydrogen-bond acceptors (Lipinski definition) is 2. The van der Waals surface area contributed by atoms with Crippen molar-refractivity contribution in [1.29, 1.82) is 0 Å². The smallest absolute Gasteiger partial charge is 0.402 e. The number of alkyl halides is 3. The van der Waals surface area contributed by atoms with Crippen LogP contribution in [0.25, 0.3) is 0 Å². The second kappa shape index (κ2) is 5.09. The van der Waals surface area contributed by atoms with E-state index in [0.29, 0.717) is 0 Å². The predicted molar refractivity (Wildman–Crippen MR) is 66.9 cm³/mol. The fraction of sp³-hybridized carbons (Fsp3) is 0.538. The zero-order valence-corrected chi connectivity index (χ0v) is 11.7. The molecule has 1 aromatic carbocycles. The van der Waals surface area contributed by atoms with Crippen LogP contribution in [0.15, 0.2) is 12.1 Å². The highest BCUT2D eigenvalue weighted by Gasteiger charge is 2.56. The Hall–Kier alpha value is -0.980. The Balaban J connectivity index is 2.34. The second-order valence-corrected chi connectivity index (χ2v) is 6.56. The van der Waals surface area contributed by atoms with Gasteiger partial charge in [0.2, 0.25) is 5.82 Å². The zero-order valence-electron chi connectivity index (χ0n) is 10.9. The molecule has 0 bridgehead atoms. The summed E-state index contributed by atoms with van der Waals surface area (Å²) in [5, 5.41) is -0.563. The van der Waals surface area contributed by atoms with Crippen LogP contribution < -0.4 is 4.74 Å². The molecule has 0 N–H and O–H groups in total. The molecule has 1 aliphatic heterocycles. The predicted octanol–water partition coefficient (Wildman–Crippen LogP) is 4.86. The normalized spacial score (nSPS) is 26.9. The Morgan fingerprint density at radius 3 is 2.45 bits per heavy atom. The molecular formula is C13H13F5OS. The molecule has 2 rings (SSSR count). The summed E-state index contributed by atoms with van der Waals surface area (Å²) in [4.78, 5) is 0. The Kier molecular flexibility index (Phi) is 3.92. The molecule has 112 valence electrons. The summed E-state index contributed by atoms with van der Waals surface area (Å²) in [6.07, 6.45) is -4.16. The molecule has 7 heteroatoms. The molecule has 0 saturated carbocycles. The quantitative estimate of drug-likeness (QED) is 0.721. The highest BCUT2D eigenvalue weighted by Crippen LogP contribution is 2.59. The standard InChI is InChI=1S/C13H13F5OS/c1-12(13(16,17)18)6-5-9(20-12)7-3-4-8(14)10(15)11(7)19-2/h3-4,9H,5-6H2,1-2H3. The van der Waals surface area contributed by atoms with Crippen LogP contribution in [-0.4, -0.2) is 18.0 Å². The van der Waals surface area contributed by atoms with Crippen molar-refractivity contribution >= 4 is 11.8 Å². The molecule has 2 atom stereocenters. The molecule has 20 heavy (non-hydrogen) atoms. The van der Waals surface area contributed by atoms with Gasteiger partial charge in [-0.1, -0.05) is 6.07 Å². The summed E-state index contributed by atoms with van der Waals surface area (Å²) >= 11 is 0.723. The SMILES string of the molecule is COc1c(C2CCC(C)(C(F)(F)F)S2)ccc(F)c1F. The lowest BCUT2D eigenvalue weighted by Crippen LogP contribution is -2.36. The first-order chi connectivity index (χ1) is 9.19. The van der Waals surface area contributed by atoms with Gasteiger partial charge in [0.05, 0.1) is 7.11 Å². The average molecular weight is 312 g/mol. The average Bonchev–Trinajstić information content (AvgIpc) is 2.76. The van der Waals surface area contributed by atoms with Gasteiger partial charge in [0.1, 0.15) is 4.75 Å². The molecule has 0 radical (unpaired) electrons. The van der Waals surface area contributed by atoms with E-state index < -0.39 is 27.8 Å². The summed E-state index contributed by atoms with van der Waals surface area (Å²) in [7, 11) is 1.17. The zero-order chi connectivity index (χ0) is 15.1. The molecular weight excluding hydrogens is 299 g/mol. The van der Waals surface area contributed by atoms with Crippen molar-refractivity contribution in [3.8, 4) is 5.75 Å². The first kappa shape index (κ1) is 15.4. The van der Waals surface area contributed by atoms with E-state index in [-0.39, 0.29) is 24.2 Å². The van der Waals surface area contributed by atoms with Crippen LogP contribution >= 0.6 is 11.8 Å². The largest absolute Gasteiger partial charge is 0.493 e. The van der Waals surface area contributed by atoms with Crippen LogP contribution in [0.4, 0.5) is 22.0 Å². The Morgan fingerprint density at radius 2 is 1.95 bits per heavy atom. The minimum Gasteiger partial charge on any atom is -0.493 e. The van der Waals surface area contributed by atoms with Crippen molar-refractivity contribution in [2.75, 3.05) is 7.11 Å². The molecule has 1 aromatic rings. The second-order valence-electron chi connectivity index (χ2n) is 4.86. The number of thioether (sulfide) groups is 1. The summed E-state index contributed by atoms with van der Waals surface area (Å²) in [6, 6.07) is 2.20. The number of rotatable bonds is 2. The van der Waals surface area contributed by atoms with Crippen molar-refractivity contribution in [2.45, 2.75) is 35.9 Å². The maximum absolute atomic E-state index is 13.6. The summed E-state index contributed by atoms with van der Waals surface area (Å²) in [5.41, 5.74) is 0.268. The Labute approximate surface area is 117 Å². The van der Waals surface area contributed by atoms with Crippen molar-refractivity contribution in [3.05, 3.63) is 29.3 Å². The first-order valence-corrected chi connectivity index (χ1v) is 6.84. The monoisotopic (exact) mass is 312 g/mol. The number of halogens is 5. The summed E-state index contributed by atoms with van der Waals surface area (Å²) in [6.45, 7) is 1.13. The van der Waals surface area contributed by atoms with Gasteiger partial charge < -0.3 is 4.74 Å². The van der Waals surface area contributed by atoms with Crippen molar-refractivity contribution < 1.29 is 26.7 Å². The van der Waals surface area contributed by atoms with Gasteiger partial charge in [-0.15, -0.1) is 11.8 Å². The van der Waals surface area contributed by atoms with E-state index >= 15 is 0 Å². The molecule has 1 saturated heterocycles. The lowest BCUT2D eigenvalue weighted by molar-refractivity contribution is -0.155. The van der Waals surface area contributed by atoms with Gasteiger partial charge in [0.25, 0.3) is 0 Å². The third kappa shape index (κ3) is 2.47. The van der Waals surface area contributed by atoms with Crippen LogP contribution in [0.3, 0.4) is 0 Å². The van der Waals surface area contributed by atoms with E-state index in [1.165, 1.54) is 13.2 Å². The molecule has 0 aliphatic carbocycles. The fourth-order valence-electron chi connectivity index (χ4n) is 2.27. The minimum absolute atomic E-state index is 0.0615. The van der Waals surface area contributed by atoms with Gasteiger partial charge in [-0.05, 0) is 25.8 Å². The number of hydrogen-bond donors (Lipinski definition) is 0. The summed E-state index contributed by atoms with van der Waals surface area (Å²) in [5.74, 6) is -2.55. The molecule has 1 fully saturated rings. The maximum atomic E-state index is 13.6. The third-order valence-electron chi connectivity index (χ3n) is 3.52.